The van der Waals surface area contributed by atoms with Gasteiger partial charge in [-0.15, -0.1) is 11.3 Å². The Hall–Kier alpha value is -2.48. The van der Waals surface area contributed by atoms with Crippen molar-refractivity contribution in [2.24, 2.45) is 5.92 Å². The van der Waals surface area contributed by atoms with Crippen LogP contribution in [0.3, 0.4) is 0 Å². The first-order valence-corrected chi connectivity index (χ1v) is 9.94. The van der Waals surface area contributed by atoms with Gasteiger partial charge in [-0.25, -0.2) is 9.18 Å². The lowest BCUT2D eigenvalue weighted by atomic mass is 10.1. The molecule has 1 heterocycles. The van der Waals surface area contributed by atoms with Crippen LogP contribution in [-0.4, -0.2) is 31.0 Å². The molecule has 1 aromatic heterocycles. The summed E-state index contributed by atoms with van der Waals surface area (Å²) in [6, 6.07) is 4.52. The molecule has 1 amide bonds. The zero-order valence-electron chi connectivity index (χ0n) is 16.2. The molecule has 1 N–H and O–H groups in total. The molecule has 2 rings (SSSR count). The molecule has 0 aliphatic rings. The Morgan fingerprint density at radius 3 is 2.64 bits per heavy atom. The zero-order valence-corrected chi connectivity index (χ0v) is 17.0. The van der Waals surface area contributed by atoms with Gasteiger partial charge in [0.25, 0.3) is 0 Å². The predicted molar refractivity (Wildman–Crippen MR) is 105 cm³/mol. The Morgan fingerprint density at radius 1 is 1.21 bits per heavy atom. The van der Waals surface area contributed by atoms with Crippen LogP contribution in [-0.2, 0) is 25.7 Å². The highest BCUT2D eigenvalue weighted by Crippen LogP contribution is 2.34. The summed E-state index contributed by atoms with van der Waals surface area (Å²) in [5.74, 6) is -1.59. The molecule has 0 saturated heterocycles. The van der Waals surface area contributed by atoms with E-state index in [1.54, 1.807) is 19.1 Å². The largest absolute Gasteiger partial charge is 0.462 e. The predicted octanol–water partition coefficient (Wildman–Crippen LogP) is 3.81. The standard InChI is InChI=1S/C20H24FNO5S/c1-4-26-20(25)19-13(18-14(21)6-5-7-15(18)28-19)11-27-17(24)10-22-16(23)9-8-12(2)3/h5-7,12H,4,8-11H2,1-3H3,(H,22,23). The number of carbonyl (C=O) groups excluding carboxylic acids is 3. The molecule has 0 bridgehead atoms. The molecule has 0 atom stereocenters. The molecule has 152 valence electrons. The summed E-state index contributed by atoms with van der Waals surface area (Å²) in [5, 5.41) is 2.74. The normalized spacial score (nSPS) is 10.9. The van der Waals surface area contributed by atoms with Gasteiger partial charge in [0.05, 0.1) is 6.61 Å². The first-order valence-electron chi connectivity index (χ1n) is 9.12. The van der Waals surface area contributed by atoms with Crippen LogP contribution in [0.5, 0.6) is 0 Å². The Bertz CT molecular complexity index is 862. The lowest BCUT2D eigenvalue weighted by Crippen LogP contribution is -2.30. The second-order valence-electron chi connectivity index (χ2n) is 6.61. The van der Waals surface area contributed by atoms with Crippen molar-refractivity contribution in [3.63, 3.8) is 0 Å². The van der Waals surface area contributed by atoms with Gasteiger partial charge in [0.1, 0.15) is 23.8 Å². The number of halogens is 1. The van der Waals surface area contributed by atoms with E-state index in [0.717, 1.165) is 17.8 Å². The number of thiophene rings is 1. The summed E-state index contributed by atoms with van der Waals surface area (Å²) < 4.78 is 25.1. The second-order valence-corrected chi connectivity index (χ2v) is 7.67. The third kappa shape index (κ3) is 5.76. The van der Waals surface area contributed by atoms with Crippen LogP contribution < -0.4 is 5.32 Å². The maximum atomic E-state index is 14.3. The van der Waals surface area contributed by atoms with E-state index in [1.807, 2.05) is 13.8 Å². The van der Waals surface area contributed by atoms with Gasteiger partial charge in [-0.2, -0.15) is 0 Å². The molecular weight excluding hydrogens is 385 g/mol. The van der Waals surface area contributed by atoms with Crippen LogP contribution in [0, 0.1) is 11.7 Å². The first-order chi connectivity index (χ1) is 13.3. The molecule has 0 aliphatic carbocycles. The summed E-state index contributed by atoms with van der Waals surface area (Å²) in [7, 11) is 0. The molecule has 8 heteroatoms. The van der Waals surface area contributed by atoms with Crippen LogP contribution in [0.15, 0.2) is 18.2 Å². The fraction of sp³-hybridized carbons (Fsp3) is 0.450. The number of amides is 1. The molecule has 0 aliphatic heterocycles. The molecule has 2 aromatic rings. The van der Waals surface area contributed by atoms with Crippen molar-refractivity contribution in [1.29, 1.82) is 0 Å². The number of benzene rings is 1. The van der Waals surface area contributed by atoms with Gasteiger partial charge in [-0.05, 0) is 31.4 Å². The van der Waals surface area contributed by atoms with Crippen molar-refractivity contribution < 1.29 is 28.2 Å². The van der Waals surface area contributed by atoms with E-state index in [9.17, 15) is 18.8 Å². The molecule has 0 spiro atoms. The van der Waals surface area contributed by atoms with Crippen LogP contribution in [0.4, 0.5) is 4.39 Å². The zero-order chi connectivity index (χ0) is 20.7. The number of ether oxygens (including phenoxy) is 2. The van der Waals surface area contributed by atoms with Gasteiger partial charge in [-0.3, -0.25) is 9.59 Å². The number of rotatable bonds is 9. The Labute approximate surface area is 167 Å². The molecule has 28 heavy (non-hydrogen) atoms. The molecule has 1 aromatic carbocycles. The minimum Gasteiger partial charge on any atom is -0.462 e. The van der Waals surface area contributed by atoms with Crippen LogP contribution >= 0.6 is 11.3 Å². The Balaban J connectivity index is 2.06. The Morgan fingerprint density at radius 2 is 1.96 bits per heavy atom. The fourth-order valence-corrected chi connectivity index (χ4v) is 3.66. The number of hydrogen-bond donors (Lipinski definition) is 1. The monoisotopic (exact) mass is 409 g/mol. The van der Waals surface area contributed by atoms with Crippen molar-refractivity contribution in [3.05, 3.63) is 34.5 Å². The van der Waals surface area contributed by atoms with E-state index in [-0.39, 0.29) is 41.5 Å². The summed E-state index contributed by atoms with van der Waals surface area (Å²) in [6.07, 6.45) is 1.06. The van der Waals surface area contributed by atoms with Gasteiger partial charge < -0.3 is 14.8 Å². The van der Waals surface area contributed by atoms with Crippen molar-refractivity contribution in [2.75, 3.05) is 13.2 Å². The highest BCUT2D eigenvalue weighted by Gasteiger charge is 2.23. The molecule has 6 nitrogen and oxygen atoms in total. The first kappa shape index (κ1) is 21.8. The van der Waals surface area contributed by atoms with Crippen molar-refractivity contribution in [2.45, 2.75) is 40.2 Å². The summed E-state index contributed by atoms with van der Waals surface area (Å²) >= 11 is 1.09. The lowest BCUT2D eigenvalue weighted by molar-refractivity contribution is -0.145. The van der Waals surface area contributed by atoms with E-state index in [2.05, 4.69) is 5.32 Å². The van der Waals surface area contributed by atoms with E-state index >= 15 is 0 Å². The smallest absolute Gasteiger partial charge is 0.348 e. The average Bonchev–Trinajstić information content (AvgIpc) is 3.03. The highest BCUT2D eigenvalue weighted by molar-refractivity contribution is 7.21. The van der Waals surface area contributed by atoms with Gasteiger partial charge in [-0.1, -0.05) is 19.9 Å². The number of fused-ring (bicyclic) bond motifs is 1. The minimum atomic E-state index is -0.664. The number of carbonyl (C=O) groups is 3. The van der Waals surface area contributed by atoms with Crippen molar-refractivity contribution in [3.8, 4) is 0 Å². The molecule has 0 unspecified atom stereocenters. The fourth-order valence-electron chi connectivity index (χ4n) is 2.55. The maximum Gasteiger partial charge on any atom is 0.348 e. The van der Waals surface area contributed by atoms with Gasteiger partial charge in [0, 0.05) is 22.1 Å². The van der Waals surface area contributed by atoms with Crippen LogP contribution in [0.2, 0.25) is 0 Å². The van der Waals surface area contributed by atoms with E-state index in [4.69, 9.17) is 9.47 Å². The summed E-state index contributed by atoms with van der Waals surface area (Å²) in [5.41, 5.74) is 0.274. The number of hydrogen-bond acceptors (Lipinski definition) is 6. The van der Waals surface area contributed by atoms with Crippen LogP contribution in [0.25, 0.3) is 10.1 Å². The number of esters is 2. The van der Waals surface area contributed by atoms with Crippen LogP contribution in [0.1, 0.15) is 48.8 Å². The van der Waals surface area contributed by atoms with Crippen molar-refractivity contribution in [1.82, 2.24) is 5.32 Å². The second kappa shape index (κ2) is 10.2. The molecule has 0 fully saturated rings. The maximum absolute atomic E-state index is 14.3. The van der Waals surface area contributed by atoms with Gasteiger partial charge in [0.2, 0.25) is 5.91 Å². The van der Waals surface area contributed by atoms with E-state index in [1.165, 1.54) is 6.07 Å². The minimum absolute atomic E-state index is 0.178. The van der Waals surface area contributed by atoms with Crippen molar-refractivity contribution >= 4 is 39.3 Å². The van der Waals surface area contributed by atoms with E-state index < -0.39 is 17.8 Å². The average molecular weight is 409 g/mol. The third-order valence-electron chi connectivity index (χ3n) is 3.98. The molecule has 0 saturated carbocycles. The van der Waals surface area contributed by atoms with Gasteiger partial charge in [0.15, 0.2) is 0 Å². The van der Waals surface area contributed by atoms with E-state index in [0.29, 0.717) is 17.0 Å². The number of nitrogens with one attached hydrogen (secondary N) is 1. The SMILES string of the molecule is CCOC(=O)c1sc2cccc(F)c2c1COC(=O)CNC(=O)CCC(C)C. The van der Waals surface area contributed by atoms with Gasteiger partial charge >= 0.3 is 11.9 Å². The third-order valence-corrected chi connectivity index (χ3v) is 5.16. The molecule has 0 radical (unpaired) electrons. The highest BCUT2D eigenvalue weighted by atomic mass is 32.1. The molecular formula is C20H24FNO5S. The lowest BCUT2D eigenvalue weighted by Gasteiger charge is -2.09. The topological polar surface area (TPSA) is 81.7 Å². The summed E-state index contributed by atoms with van der Waals surface area (Å²) in [6.45, 7) is 5.30. The summed E-state index contributed by atoms with van der Waals surface area (Å²) in [4.78, 5) is 36.1. The Kier molecular flexibility index (Phi) is 7.92. The quantitative estimate of drug-likeness (QED) is 0.637.